The minimum absolute atomic E-state index is 0.0561. The Hall–Kier alpha value is -0.540. The molecular formula is C12H20N2S. The fourth-order valence-electron chi connectivity index (χ4n) is 1.16. The highest BCUT2D eigenvalue weighted by atomic mass is 32.2. The van der Waals surface area contributed by atoms with Crippen molar-refractivity contribution in [1.82, 2.24) is 4.98 Å². The monoisotopic (exact) mass is 224 g/mol. The fraction of sp³-hybridized carbons (Fsp3) is 0.583. The molecule has 1 aromatic heterocycles. The number of thioether (sulfide) groups is 1. The molecule has 0 bridgehead atoms. The van der Waals surface area contributed by atoms with Gasteiger partial charge in [-0.2, -0.15) is 0 Å². The Labute approximate surface area is 96.7 Å². The summed E-state index contributed by atoms with van der Waals surface area (Å²) in [5, 5.41) is 1.64. The first-order valence-corrected chi connectivity index (χ1v) is 6.27. The maximum atomic E-state index is 5.91. The fourth-order valence-corrected chi connectivity index (χ4v) is 2.30. The number of hydrogen-bond donors (Lipinski definition) is 1. The molecule has 2 N–H and O–H groups in total. The third kappa shape index (κ3) is 3.50. The van der Waals surface area contributed by atoms with E-state index in [4.69, 9.17) is 5.73 Å². The van der Waals surface area contributed by atoms with Gasteiger partial charge >= 0.3 is 0 Å². The van der Waals surface area contributed by atoms with Crippen molar-refractivity contribution >= 4 is 11.8 Å². The highest BCUT2D eigenvalue weighted by molar-refractivity contribution is 7.99. The van der Waals surface area contributed by atoms with Crippen molar-refractivity contribution in [2.75, 3.05) is 0 Å². The summed E-state index contributed by atoms with van der Waals surface area (Å²) in [5.74, 6) is 0.651. The average molecular weight is 224 g/mol. The van der Waals surface area contributed by atoms with Crippen LogP contribution in [0.1, 0.15) is 39.3 Å². The Morgan fingerprint density at radius 3 is 2.47 bits per heavy atom. The highest BCUT2D eigenvalue weighted by Crippen LogP contribution is 2.30. The number of hydrogen-bond acceptors (Lipinski definition) is 3. The van der Waals surface area contributed by atoms with E-state index in [2.05, 4.69) is 31.8 Å². The summed E-state index contributed by atoms with van der Waals surface area (Å²) in [5.41, 5.74) is 7.06. The van der Waals surface area contributed by atoms with Gasteiger partial charge in [0.2, 0.25) is 0 Å². The second-order valence-electron chi connectivity index (χ2n) is 4.25. The number of nitrogens with zero attached hydrogens (tertiary/aromatic N) is 1. The van der Waals surface area contributed by atoms with E-state index < -0.39 is 0 Å². The molecule has 0 saturated heterocycles. The van der Waals surface area contributed by atoms with Gasteiger partial charge in [0.1, 0.15) is 5.03 Å². The van der Waals surface area contributed by atoms with Gasteiger partial charge in [-0.05, 0) is 18.9 Å². The summed E-state index contributed by atoms with van der Waals surface area (Å²) in [7, 11) is 0. The maximum Gasteiger partial charge on any atom is 0.101 e. The quantitative estimate of drug-likeness (QED) is 0.798. The molecule has 1 unspecified atom stereocenters. The van der Waals surface area contributed by atoms with E-state index in [1.165, 1.54) is 0 Å². The molecule has 2 nitrogen and oxygen atoms in total. The smallest absolute Gasteiger partial charge is 0.101 e. The normalized spacial score (nSPS) is 15.3. The van der Waals surface area contributed by atoms with Crippen molar-refractivity contribution in [3.05, 3.63) is 23.9 Å². The van der Waals surface area contributed by atoms with Crippen LogP contribution in [0.3, 0.4) is 0 Å². The van der Waals surface area contributed by atoms with Gasteiger partial charge in [-0.1, -0.05) is 26.8 Å². The molecule has 15 heavy (non-hydrogen) atoms. The summed E-state index contributed by atoms with van der Waals surface area (Å²) < 4.78 is 0. The molecule has 0 aliphatic carbocycles. The van der Waals surface area contributed by atoms with Crippen LogP contribution in [0.4, 0.5) is 0 Å². The van der Waals surface area contributed by atoms with Crippen LogP contribution >= 0.6 is 11.8 Å². The second kappa shape index (κ2) is 5.52. The summed E-state index contributed by atoms with van der Waals surface area (Å²) in [6.45, 7) is 8.69. The lowest BCUT2D eigenvalue weighted by molar-refractivity contribution is 0.640. The van der Waals surface area contributed by atoms with Crippen LogP contribution in [0, 0.1) is 5.92 Å². The zero-order valence-corrected chi connectivity index (χ0v) is 10.7. The molecule has 0 aliphatic heterocycles. The van der Waals surface area contributed by atoms with Gasteiger partial charge in [0.05, 0.1) is 0 Å². The van der Waals surface area contributed by atoms with E-state index in [1.807, 2.05) is 30.9 Å². The Balaban J connectivity index is 2.84. The van der Waals surface area contributed by atoms with Gasteiger partial charge in [0.15, 0.2) is 0 Å². The van der Waals surface area contributed by atoms with Crippen molar-refractivity contribution < 1.29 is 0 Å². The number of pyridine rings is 1. The molecule has 0 radical (unpaired) electrons. The van der Waals surface area contributed by atoms with E-state index in [0.29, 0.717) is 11.2 Å². The van der Waals surface area contributed by atoms with Crippen LogP contribution in [0.25, 0.3) is 0 Å². The van der Waals surface area contributed by atoms with Crippen LogP contribution in [-0.2, 0) is 0 Å². The summed E-state index contributed by atoms with van der Waals surface area (Å²) in [6, 6.07) is 4.07. The molecule has 1 heterocycles. The van der Waals surface area contributed by atoms with Crippen molar-refractivity contribution in [2.45, 2.75) is 44.0 Å². The molecule has 0 aliphatic rings. The molecule has 0 amide bonds. The van der Waals surface area contributed by atoms with Crippen LogP contribution in [-0.4, -0.2) is 10.2 Å². The van der Waals surface area contributed by atoms with E-state index in [-0.39, 0.29) is 6.04 Å². The Kier molecular flexibility index (Phi) is 4.61. The average Bonchev–Trinajstić information content (AvgIpc) is 2.18. The lowest BCUT2D eigenvalue weighted by atomic mass is 10.1. The SMILES string of the molecule is CC(C)C(C)Sc1ncccc1[C@@H](C)N. The molecule has 1 aromatic rings. The predicted molar refractivity (Wildman–Crippen MR) is 67.0 cm³/mol. The second-order valence-corrected chi connectivity index (χ2v) is 5.62. The van der Waals surface area contributed by atoms with E-state index >= 15 is 0 Å². The topological polar surface area (TPSA) is 38.9 Å². The number of rotatable bonds is 4. The molecule has 84 valence electrons. The first kappa shape index (κ1) is 12.5. The van der Waals surface area contributed by atoms with Crippen LogP contribution < -0.4 is 5.73 Å². The van der Waals surface area contributed by atoms with Crippen molar-refractivity contribution in [3.8, 4) is 0 Å². The van der Waals surface area contributed by atoms with E-state index in [1.54, 1.807) is 0 Å². The summed E-state index contributed by atoms with van der Waals surface area (Å²) in [6.07, 6.45) is 1.83. The predicted octanol–water partition coefficient (Wildman–Crippen LogP) is 3.24. The Bertz CT molecular complexity index is 310. The molecule has 2 atom stereocenters. The zero-order valence-electron chi connectivity index (χ0n) is 9.90. The van der Waals surface area contributed by atoms with E-state index in [9.17, 15) is 0 Å². The van der Waals surface area contributed by atoms with Crippen LogP contribution in [0.15, 0.2) is 23.4 Å². The third-order valence-corrected chi connectivity index (χ3v) is 4.01. The molecule has 0 spiro atoms. The van der Waals surface area contributed by atoms with Gasteiger partial charge in [-0.25, -0.2) is 4.98 Å². The van der Waals surface area contributed by atoms with Crippen molar-refractivity contribution in [3.63, 3.8) is 0 Å². The highest BCUT2D eigenvalue weighted by Gasteiger charge is 2.14. The van der Waals surface area contributed by atoms with E-state index in [0.717, 1.165) is 10.6 Å². The molecule has 0 saturated carbocycles. The lowest BCUT2D eigenvalue weighted by Crippen LogP contribution is -2.10. The first-order chi connectivity index (χ1) is 7.02. The standard InChI is InChI=1S/C12H20N2S/c1-8(2)10(4)15-12-11(9(3)13)6-5-7-14-12/h5-10H,13H2,1-4H3/t9-,10?/m1/s1. The minimum Gasteiger partial charge on any atom is -0.324 e. The van der Waals surface area contributed by atoms with Gasteiger partial charge < -0.3 is 5.73 Å². The molecule has 1 rings (SSSR count). The van der Waals surface area contributed by atoms with Crippen molar-refractivity contribution in [1.29, 1.82) is 0 Å². The minimum atomic E-state index is 0.0561. The van der Waals surface area contributed by atoms with Gasteiger partial charge in [-0.15, -0.1) is 11.8 Å². The molecule has 0 aromatic carbocycles. The Morgan fingerprint density at radius 2 is 1.93 bits per heavy atom. The summed E-state index contributed by atoms with van der Waals surface area (Å²) >= 11 is 1.82. The van der Waals surface area contributed by atoms with Crippen molar-refractivity contribution in [2.24, 2.45) is 11.7 Å². The largest absolute Gasteiger partial charge is 0.324 e. The number of aromatic nitrogens is 1. The summed E-state index contributed by atoms with van der Waals surface area (Å²) in [4.78, 5) is 4.41. The maximum absolute atomic E-state index is 5.91. The molecule has 3 heteroatoms. The third-order valence-electron chi connectivity index (χ3n) is 2.53. The zero-order chi connectivity index (χ0) is 11.4. The number of nitrogens with two attached hydrogens (primary N) is 1. The van der Waals surface area contributed by atoms with Crippen LogP contribution in [0.2, 0.25) is 0 Å². The van der Waals surface area contributed by atoms with Gasteiger partial charge in [0.25, 0.3) is 0 Å². The van der Waals surface area contributed by atoms with Crippen LogP contribution in [0.5, 0.6) is 0 Å². The molecular weight excluding hydrogens is 204 g/mol. The lowest BCUT2D eigenvalue weighted by Gasteiger charge is -2.17. The first-order valence-electron chi connectivity index (χ1n) is 5.39. The molecule has 0 fully saturated rings. The Morgan fingerprint density at radius 1 is 1.27 bits per heavy atom. The van der Waals surface area contributed by atoms with Gasteiger partial charge in [0, 0.05) is 23.1 Å². The van der Waals surface area contributed by atoms with Gasteiger partial charge in [-0.3, -0.25) is 0 Å².